The number of Topliss-reactive ketones (excluding diaryl/α,β-unsaturated/α-hetero) is 1. The molecule has 1 aromatic rings. The number of unbranched alkanes of at least 4 members (excludes halogenated alkanes) is 2. The molecule has 0 aliphatic heterocycles. The van der Waals surface area contributed by atoms with Gasteiger partial charge in [0.25, 0.3) is 0 Å². The third-order valence-corrected chi connectivity index (χ3v) is 2.48. The minimum absolute atomic E-state index is 0.0685. The summed E-state index contributed by atoms with van der Waals surface area (Å²) in [5.74, 6) is 0.128. The van der Waals surface area contributed by atoms with Gasteiger partial charge in [0.15, 0.2) is 11.5 Å². The van der Waals surface area contributed by atoms with Crippen LogP contribution in [-0.4, -0.2) is 18.2 Å². The van der Waals surface area contributed by atoms with Crippen LogP contribution in [0.4, 0.5) is 0 Å². The first-order chi connectivity index (χ1) is 8.24. The van der Waals surface area contributed by atoms with E-state index < -0.39 is 0 Å². The lowest BCUT2D eigenvalue weighted by Crippen LogP contribution is -2.24. The van der Waals surface area contributed by atoms with Crippen LogP contribution in [0.3, 0.4) is 0 Å². The maximum absolute atomic E-state index is 11.5. The van der Waals surface area contributed by atoms with Crippen LogP contribution >= 0.6 is 0 Å². The number of amides is 1. The van der Waals surface area contributed by atoms with E-state index in [9.17, 15) is 9.59 Å². The molecule has 0 aliphatic rings. The number of carbonyl (C=O) groups excluding carboxylic acids is 2. The lowest BCUT2D eigenvalue weighted by atomic mass is 10.1. The quantitative estimate of drug-likeness (QED) is 0.558. The smallest absolute Gasteiger partial charge is 0.220 e. The molecule has 0 aliphatic carbocycles. The number of nitrogens with one attached hydrogen (secondary N) is 1. The number of hydrogen-bond acceptors (Lipinski definition) is 3. The fourth-order valence-electron chi connectivity index (χ4n) is 1.48. The highest BCUT2D eigenvalue weighted by atomic mass is 16.3. The predicted molar refractivity (Wildman–Crippen MR) is 64.8 cm³/mol. The summed E-state index contributed by atoms with van der Waals surface area (Å²) in [6.07, 6.45) is 5.13. The second-order valence-corrected chi connectivity index (χ2v) is 3.96. The van der Waals surface area contributed by atoms with Crippen LogP contribution in [0, 0.1) is 0 Å². The molecule has 1 N–H and O–H groups in total. The van der Waals surface area contributed by atoms with Crippen molar-refractivity contribution in [3.8, 4) is 0 Å². The molecule has 0 saturated carbocycles. The van der Waals surface area contributed by atoms with Gasteiger partial charge in [0.1, 0.15) is 0 Å². The third-order valence-electron chi connectivity index (χ3n) is 2.48. The Hall–Kier alpha value is -1.58. The maximum atomic E-state index is 11.5. The van der Waals surface area contributed by atoms with Crippen LogP contribution in [0.1, 0.15) is 49.6 Å². The first-order valence-corrected chi connectivity index (χ1v) is 6.07. The fraction of sp³-hybridized carbons (Fsp3) is 0.538. The second-order valence-electron chi connectivity index (χ2n) is 3.96. The van der Waals surface area contributed by atoms with Gasteiger partial charge in [-0.1, -0.05) is 19.8 Å². The van der Waals surface area contributed by atoms with Crippen molar-refractivity contribution < 1.29 is 14.0 Å². The van der Waals surface area contributed by atoms with E-state index in [0.717, 1.165) is 19.3 Å². The van der Waals surface area contributed by atoms with E-state index in [4.69, 9.17) is 4.42 Å². The Morgan fingerprint density at radius 3 is 2.76 bits per heavy atom. The Bertz CT molecular complexity index is 344. The largest absolute Gasteiger partial charge is 0.461 e. The van der Waals surface area contributed by atoms with Gasteiger partial charge in [-0.3, -0.25) is 9.59 Å². The molecular weight excluding hydrogens is 218 g/mol. The van der Waals surface area contributed by atoms with E-state index in [2.05, 4.69) is 12.2 Å². The summed E-state index contributed by atoms with van der Waals surface area (Å²) >= 11 is 0. The summed E-state index contributed by atoms with van der Waals surface area (Å²) in [5.41, 5.74) is 0. The van der Waals surface area contributed by atoms with E-state index >= 15 is 0 Å². The van der Waals surface area contributed by atoms with Gasteiger partial charge >= 0.3 is 0 Å². The van der Waals surface area contributed by atoms with Crippen LogP contribution in [-0.2, 0) is 4.79 Å². The molecule has 1 amide bonds. The zero-order chi connectivity index (χ0) is 12.5. The summed E-state index contributed by atoms with van der Waals surface area (Å²) in [6.45, 7) is 2.81. The fourth-order valence-corrected chi connectivity index (χ4v) is 1.48. The molecule has 0 aromatic carbocycles. The summed E-state index contributed by atoms with van der Waals surface area (Å²) in [4.78, 5) is 22.9. The second kappa shape index (κ2) is 7.65. The van der Waals surface area contributed by atoms with Crippen molar-refractivity contribution in [2.75, 3.05) is 6.54 Å². The number of carbonyl (C=O) groups is 2. The van der Waals surface area contributed by atoms with Gasteiger partial charge in [0.2, 0.25) is 5.91 Å². The molecule has 0 spiro atoms. The monoisotopic (exact) mass is 237 g/mol. The van der Waals surface area contributed by atoms with Crippen molar-refractivity contribution in [1.29, 1.82) is 0 Å². The van der Waals surface area contributed by atoms with E-state index in [-0.39, 0.29) is 24.5 Å². The molecule has 4 heteroatoms. The Morgan fingerprint density at radius 2 is 2.12 bits per heavy atom. The van der Waals surface area contributed by atoms with Gasteiger partial charge in [-0.05, 0) is 18.6 Å². The number of furan rings is 1. The molecule has 1 aromatic heterocycles. The minimum atomic E-state index is -0.126. The molecule has 1 heterocycles. The van der Waals surface area contributed by atoms with Crippen LogP contribution in [0.2, 0.25) is 0 Å². The number of rotatable bonds is 8. The van der Waals surface area contributed by atoms with E-state index in [1.807, 2.05) is 0 Å². The SMILES string of the molecule is CCCCCNC(=O)CCC(=O)c1ccco1. The van der Waals surface area contributed by atoms with Crippen molar-refractivity contribution in [3.63, 3.8) is 0 Å². The van der Waals surface area contributed by atoms with Gasteiger partial charge in [-0.25, -0.2) is 0 Å². The summed E-state index contributed by atoms with van der Waals surface area (Å²) in [6, 6.07) is 3.28. The van der Waals surface area contributed by atoms with E-state index in [0.29, 0.717) is 12.3 Å². The van der Waals surface area contributed by atoms with Crippen molar-refractivity contribution in [1.82, 2.24) is 5.32 Å². The summed E-state index contributed by atoms with van der Waals surface area (Å²) in [5, 5.41) is 2.80. The lowest BCUT2D eigenvalue weighted by molar-refractivity contribution is -0.121. The standard InChI is InChI=1S/C13H19NO3/c1-2-3-4-9-14-13(16)8-7-11(15)12-6-5-10-17-12/h5-6,10H,2-4,7-9H2,1H3,(H,14,16). The van der Waals surface area contributed by atoms with Crippen molar-refractivity contribution in [2.24, 2.45) is 0 Å². The number of hydrogen-bond donors (Lipinski definition) is 1. The Balaban J connectivity index is 2.13. The molecule has 0 radical (unpaired) electrons. The molecule has 17 heavy (non-hydrogen) atoms. The Kier molecular flexibility index (Phi) is 6.07. The van der Waals surface area contributed by atoms with Gasteiger partial charge < -0.3 is 9.73 Å². The average Bonchev–Trinajstić information content (AvgIpc) is 2.85. The first kappa shape index (κ1) is 13.5. The lowest BCUT2D eigenvalue weighted by Gasteiger charge is -2.03. The number of ketones is 1. The molecule has 94 valence electrons. The Morgan fingerprint density at radius 1 is 1.29 bits per heavy atom. The highest BCUT2D eigenvalue weighted by molar-refractivity contribution is 5.95. The van der Waals surface area contributed by atoms with Crippen molar-refractivity contribution >= 4 is 11.7 Å². The topological polar surface area (TPSA) is 59.3 Å². The van der Waals surface area contributed by atoms with Crippen LogP contribution < -0.4 is 5.32 Å². The average molecular weight is 237 g/mol. The summed E-state index contributed by atoms with van der Waals surface area (Å²) < 4.78 is 4.96. The van der Waals surface area contributed by atoms with Crippen molar-refractivity contribution in [3.05, 3.63) is 24.2 Å². The predicted octanol–water partition coefficient (Wildman–Crippen LogP) is 2.55. The maximum Gasteiger partial charge on any atom is 0.220 e. The van der Waals surface area contributed by atoms with Crippen LogP contribution in [0.15, 0.2) is 22.8 Å². The van der Waals surface area contributed by atoms with Crippen molar-refractivity contribution in [2.45, 2.75) is 39.0 Å². The highest BCUT2D eigenvalue weighted by Crippen LogP contribution is 2.05. The van der Waals surface area contributed by atoms with E-state index in [1.54, 1.807) is 12.1 Å². The minimum Gasteiger partial charge on any atom is -0.461 e. The van der Waals surface area contributed by atoms with Gasteiger partial charge in [0.05, 0.1) is 6.26 Å². The molecule has 0 fully saturated rings. The van der Waals surface area contributed by atoms with Crippen LogP contribution in [0.5, 0.6) is 0 Å². The molecule has 0 atom stereocenters. The zero-order valence-electron chi connectivity index (χ0n) is 10.2. The van der Waals surface area contributed by atoms with Gasteiger partial charge in [0, 0.05) is 19.4 Å². The van der Waals surface area contributed by atoms with Gasteiger partial charge in [-0.2, -0.15) is 0 Å². The van der Waals surface area contributed by atoms with Gasteiger partial charge in [-0.15, -0.1) is 0 Å². The first-order valence-electron chi connectivity index (χ1n) is 6.07. The Labute approximate surface area is 101 Å². The van der Waals surface area contributed by atoms with Crippen LogP contribution in [0.25, 0.3) is 0 Å². The molecular formula is C13H19NO3. The zero-order valence-corrected chi connectivity index (χ0v) is 10.2. The molecule has 1 rings (SSSR count). The van der Waals surface area contributed by atoms with E-state index in [1.165, 1.54) is 6.26 Å². The normalized spacial score (nSPS) is 10.2. The third kappa shape index (κ3) is 5.33. The summed E-state index contributed by atoms with van der Waals surface area (Å²) in [7, 11) is 0. The highest BCUT2D eigenvalue weighted by Gasteiger charge is 2.10. The molecule has 0 bridgehead atoms. The molecule has 0 unspecified atom stereocenters. The molecule has 4 nitrogen and oxygen atoms in total. The molecule has 0 saturated heterocycles.